The Labute approximate surface area is 234 Å². The van der Waals surface area contributed by atoms with Gasteiger partial charge in [-0.1, -0.05) is 24.3 Å². The van der Waals surface area contributed by atoms with E-state index < -0.39 is 6.04 Å². The lowest BCUT2D eigenvalue weighted by Crippen LogP contribution is -2.52. The van der Waals surface area contributed by atoms with Crippen LogP contribution in [0.1, 0.15) is 52.6 Å². The van der Waals surface area contributed by atoms with Crippen molar-refractivity contribution in [1.82, 2.24) is 19.6 Å². The number of aromatic nitrogens is 2. The zero-order valence-electron chi connectivity index (χ0n) is 23.8. The summed E-state index contributed by atoms with van der Waals surface area (Å²) in [6.07, 6.45) is 1.32. The van der Waals surface area contributed by atoms with Crippen LogP contribution in [0.5, 0.6) is 5.75 Å². The second-order valence-electron chi connectivity index (χ2n) is 10.0. The van der Waals surface area contributed by atoms with E-state index in [2.05, 4.69) is 10.4 Å². The molecule has 212 valence electrons. The van der Waals surface area contributed by atoms with Gasteiger partial charge in [-0.2, -0.15) is 5.10 Å². The van der Waals surface area contributed by atoms with Crippen LogP contribution in [0.4, 0.5) is 10.5 Å². The van der Waals surface area contributed by atoms with E-state index in [-0.39, 0.29) is 17.9 Å². The van der Waals surface area contributed by atoms with Crippen LogP contribution in [0, 0.1) is 20.8 Å². The maximum atomic E-state index is 13.1. The Bertz CT molecular complexity index is 1380. The van der Waals surface area contributed by atoms with Gasteiger partial charge in [0.05, 0.1) is 18.0 Å². The number of piperazine rings is 1. The van der Waals surface area contributed by atoms with E-state index in [0.717, 1.165) is 22.4 Å². The van der Waals surface area contributed by atoms with E-state index >= 15 is 0 Å². The highest BCUT2D eigenvalue weighted by atomic mass is 16.6. The first kappa shape index (κ1) is 28.7. The number of hydrogen-bond acceptors (Lipinski definition) is 6. The third-order valence-corrected chi connectivity index (χ3v) is 6.96. The molecular weight excluding hydrogens is 510 g/mol. The molecular formula is C30H37N5O5. The molecule has 10 nitrogen and oxygen atoms in total. The minimum absolute atomic E-state index is 0.0968. The van der Waals surface area contributed by atoms with Crippen molar-refractivity contribution < 1.29 is 23.9 Å². The van der Waals surface area contributed by atoms with Gasteiger partial charge >= 0.3 is 6.09 Å². The molecule has 1 saturated heterocycles. The fourth-order valence-corrected chi connectivity index (χ4v) is 4.53. The van der Waals surface area contributed by atoms with Gasteiger partial charge in [-0.15, -0.1) is 0 Å². The van der Waals surface area contributed by atoms with Crippen molar-refractivity contribution in [3.8, 4) is 5.75 Å². The van der Waals surface area contributed by atoms with Crippen LogP contribution in [0.25, 0.3) is 0 Å². The Morgan fingerprint density at radius 3 is 2.45 bits per heavy atom. The number of nitrogens with one attached hydrogen (secondary N) is 1. The van der Waals surface area contributed by atoms with Crippen molar-refractivity contribution in [2.45, 2.75) is 47.3 Å². The van der Waals surface area contributed by atoms with Gasteiger partial charge in [-0.3, -0.25) is 14.3 Å². The second kappa shape index (κ2) is 12.7. The summed E-state index contributed by atoms with van der Waals surface area (Å²) in [5.74, 6) is 0.452. The van der Waals surface area contributed by atoms with Gasteiger partial charge < -0.3 is 24.6 Å². The molecule has 1 unspecified atom stereocenters. The monoisotopic (exact) mass is 547 g/mol. The van der Waals surface area contributed by atoms with Crippen LogP contribution < -0.4 is 10.1 Å². The number of aryl methyl sites for hydroxylation is 3. The molecule has 1 aliphatic heterocycles. The first-order valence-corrected chi connectivity index (χ1v) is 13.5. The molecule has 3 amide bonds. The van der Waals surface area contributed by atoms with E-state index in [1.807, 2.05) is 50.2 Å². The smallest absolute Gasteiger partial charge is 0.409 e. The Balaban J connectivity index is 1.36. The Morgan fingerprint density at radius 1 is 1.00 bits per heavy atom. The van der Waals surface area contributed by atoms with Crippen molar-refractivity contribution in [1.29, 1.82) is 0 Å². The van der Waals surface area contributed by atoms with Gasteiger partial charge in [0.25, 0.3) is 5.91 Å². The number of ether oxygens (including phenoxy) is 2. The number of nitrogens with zero attached hydrogens (tertiary/aromatic N) is 4. The molecule has 2 aromatic carbocycles. The molecule has 1 N–H and O–H groups in total. The summed E-state index contributed by atoms with van der Waals surface area (Å²) in [6.45, 7) is 11.7. The maximum absolute atomic E-state index is 13.1. The minimum atomic E-state index is -0.566. The van der Waals surface area contributed by atoms with Crippen molar-refractivity contribution >= 4 is 23.6 Å². The molecule has 1 fully saturated rings. The number of amides is 3. The molecule has 0 spiro atoms. The molecule has 40 heavy (non-hydrogen) atoms. The molecule has 1 aliphatic rings. The summed E-state index contributed by atoms with van der Waals surface area (Å²) in [5, 5.41) is 7.41. The van der Waals surface area contributed by atoms with E-state index in [1.165, 1.54) is 0 Å². The molecule has 0 radical (unpaired) electrons. The van der Waals surface area contributed by atoms with Crippen LogP contribution in [-0.2, 0) is 16.1 Å². The highest BCUT2D eigenvalue weighted by Gasteiger charge is 2.29. The molecule has 4 rings (SSSR count). The predicted octanol–water partition coefficient (Wildman–Crippen LogP) is 4.50. The molecule has 1 aromatic heterocycles. The fraction of sp³-hybridized carbons (Fsp3) is 0.400. The van der Waals surface area contributed by atoms with Gasteiger partial charge in [-0.25, -0.2) is 4.79 Å². The first-order valence-electron chi connectivity index (χ1n) is 13.5. The van der Waals surface area contributed by atoms with Crippen molar-refractivity contribution in [3.05, 3.63) is 76.6 Å². The molecule has 0 saturated carbocycles. The average Bonchev–Trinajstić information content (AvgIpc) is 3.32. The van der Waals surface area contributed by atoms with E-state index in [1.54, 1.807) is 47.5 Å². The lowest BCUT2D eigenvalue weighted by atomic mass is 10.1. The summed E-state index contributed by atoms with van der Waals surface area (Å²) in [6, 6.07) is 12.8. The van der Waals surface area contributed by atoms with Crippen LogP contribution >= 0.6 is 0 Å². The summed E-state index contributed by atoms with van der Waals surface area (Å²) < 4.78 is 12.6. The lowest BCUT2D eigenvalue weighted by Gasteiger charge is -2.35. The fourth-order valence-electron chi connectivity index (χ4n) is 4.53. The SMILES string of the molecule is CCOC(=O)N1CCN(C(=O)C(C)n2cc(NC(=O)c3cccc(COc4cc(C)ccc4C)c3)c(C)n2)CC1. The zero-order chi connectivity index (χ0) is 28.8. The largest absolute Gasteiger partial charge is 0.489 e. The Morgan fingerprint density at radius 2 is 1.73 bits per heavy atom. The van der Waals surface area contributed by atoms with Gasteiger partial charge in [-0.05, 0) is 69.5 Å². The Kier molecular flexibility index (Phi) is 9.08. The van der Waals surface area contributed by atoms with Crippen molar-refractivity contribution in [3.63, 3.8) is 0 Å². The maximum Gasteiger partial charge on any atom is 0.409 e. The number of anilines is 1. The van der Waals surface area contributed by atoms with Gasteiger partial charge in [0.2, 0.25) is 5.91 Å². The number of benzene rings is 2. The molecule has 3 aromatic rings. The summed E-state index contributed by atoms with van der Waals surface area (Å²) in [4.78, 5) is 41.5. The zero-order valence-corrected chi connectivity index (χ0v) is 23.8. The summed E-state index contributed by atoms with van der Waals surface area (Å²) in [7, 11) is 0. The third-order valence-electron chi connectivity index (χ3n) is 6.96. The van der Waals surface area contributed by atoms with E-state index in [9.17, 15) is 14.4 Å². The normalized spacial score (nSPS) is 14.0. The van der Waals surface area contributed by atoms with Crippen LogP contribution in [0.2, 0.25) is 0 Å². The predicted molar refractivity (Wildman–Crippen MR) is 151 cm³/mol. The number of carbonyl (C=O) groups is 3. The third kappa shape index (κ3) is 6.80. The second-order valence-corrected chi connectivity index (χ2v) is 10.0. The van der Waals surface area contributed by atoms with Crippen LogP contribution in [0.3, 0.4) is 0 Å². The van der Waals surface area contributed by atoms with Gasteiger partial charge in [0.1, 0.15) is 18.4 Å². The number of hydrogen-bond donors (Lipinski definition) is 1. The topological polar surface area (TPSA) is 106 Å². The summed E-state index contributed by atoms with van der Waals surface area (Å²) >= 11 is 0. The Hall–Kier alpha value is -4.34. The number of rotatable bonds is 8. The molecule has 10 heteroatoms. The van der Waals surface area contributed by atoms with Gasteiger partial charge in [0.15, 0.2) is 0 Å². The quantitative estimate of drug-likeness (QED) is 0.445. The standard InChI is InChI=1S/C30H37N5O5/c1-6-39-30(38)34-14-12-33(13-15-34)29(37)23(5)35-18-26(22(4)32-35)31-28(36)25-9-7-8-24(17-25)19-40-27-16-20(2)10-11-21(27)3/h7-11,16-18,23H,6,12-15,19H2,1-5H3,(H,31,36). The highest BCUT2D eigenvalue weighted by Crippen LogP contribution is 2.22. The minimum Gasteiger partial charge on any atom is -0.489 e. The first-order chi connectivity index (χ1) is 19.2. The van der Waals surface area contributed by atoms with Crippen molar-refractivity contribution in [2.75, 3.05) is 38.1 Å². The molecule has 2 heterocycles. The van der Waals surface area contributed by atoms with E-state index in [4.69, 9.17) is 9.47 Å². The molecule has 0 bridgehead atoms. The van der Waals surface area contributed by atoms with Crippen molar-refractivity contribution in [2.24, 2.45) is 0 Å². The number of carbonyl (C=O) groups excluding carboxylic acids is 3. The van der Waals surface area contributed by atoms with E-state index in [0.29, 0.717) is 56.3 Å². The molecule has 0 aliphatic carbocycles. The highest BCUT2D eigenvalue weighted by molar-refractivity contribution is 6.04. The molecule has 1 atom stereocenters. The van der Waals surface area contributed by atoms with Crippen LogP contribution in [0.15, 0.2) is 48.7 Å². The lowest BCUT2D eigenvalue weighted by molar-refractivity contribution is -0.136. The average molecular weight is 548 g/mol. The van der Waals surface area contributed by atoms with Gasteiger partial charge in [0, 0.05) is 37.9 Å². The van der Waals surface area contributed by atoms with Crippen LogP contribution in [-0.4, -0.2) is 70.3 Å². The summed E-state index contributed by atoms with van der Waals surface area (Å²) in [5.41, 5.74) is 4.69.